The van der Waals surface area contributed by atoms with E-state index in [-0.39, 0.29) is 12.3 Å². The predicted octanol–water partition coefficient (Wildman–Crippen LogP) is 3.34. The van der Waals surface area contributed by atoms with Gasteiger partial charge < -0.3 is 9.73 Å². The first kappa shape index (κ1) is 13.8. The minimum absolute atomic E-state index is 0.117. The number of hydrogen-bond donors (Lipinski definition) is 1. The van der Waals surface area contributed by atoms with Gasteiger partial charge in [-0.05, 0) is 25.0 Å². The molecular weight excluding hydrogens is 286 g/mol. The topological polar surface area (TPSA) is 68.0 Å². The molecule has 108 valence electrons. The average Bonchev–Trinajstić information content (AvgIpc) is 3.05. The molecular formula is C15H15N3O2S. The molecule has 0 atom stereocenters. The van der Waals surface area contributed by atoms with E-state index in [0.29, 0.717) is 5.13 Å². The number of aryl methyl sites for hydroxylation is 2. The van der Waals surface area contributed by atoms with E-state index in [1.165, 1.54) is 16.9 Å². The van der Waals surface area contributed by atoms with Crippen molar-refractivity contribution in [1.82, 2.24) is 10.2 Å². The predicted molar refractivity (Wildman–Crippen MR) is 82.6 cm³/mol. The van der Waals surface area contributed by atoms with E-state index < -0.39 is 0 Å². The Bertz CT molecular complexity index is 791. The van der Waals surface area contributed by atoms with Crippen LogP contribution in [0.1, 0.15) is 23.1 Å². The third-order valence-corrected chi connectivity index (χ3v) is 4.01. The van der Waals surface area contributed by atoms with Gasteiger partial charge in [0.2, 0.25) is 11.0 Å². The molecule has 0 bridgehead atoms. The van der Waals surface area contributed by atoms with Gasteiger partial charge in [0.25, 0.3) is 0 Å². The maximum atomic E-state index is 12.0. The summed E-state index contributed by atoms with van der Waals surface area (Å²) in [4.78, 5) is 12.0. The van der Waals surface area contributed by atoms with E-state index in [4.69, 9.17) is 4.42 Å². The van der Waals surface area contributed by atoms with Crippen molar-refractivity contribution in [3.05, 3.63) is 40.6 Å². The van der Waals surface area contributed by atoms with E-state index >= 15 is 0 Å². The van der Waals surface area contributed by atoms with Crippen molar-refractivity contribution in [3.63, 3.8) is 0 Å². The Balaban J connectivity index is 1.76. The van der Waals surface area contributed by atoms with Gasteiger partial charge in [0.1, 0.15) is 10.6 Å². The van der Waals surface area contributed by atoms with Gasteiger partial charge in [-0.3, -0.25) is 4.79 Å². The quantitative estimate of drug-likeness (QED) is 0.802. The summed E-state index contributed by atoms with van der Waals surface area (Å²) in [6.45, 7) is 3.95. The molecule has 1 aromatic carbocycles. The maximum absolute atomic E-state index is 12.0. The molecule has 0 radical (unpaired) electrons. The first-order valence-corrected chi connectivity index (χ1v) is 7.56. The number of fused-ring (bicyclic) bond motifs is 1. The fourth-order valence-electron chi connectivity index (χ4n) is 2.17. The Hall–Kier alpha value is -2.21. The zero-order valence-electron chi connectivity index (χ0n) is 11.8. The van der Waals surface area contributed by atoms with E-state index in [0.717, 1.165) is 28.0 Å². The highest BCUT2D eigenvalue weighted by Crippen LogP contribution is 2.23. The van der Waals surface area contributed by atoms with Crippen molar-refractivity contribution >= 4 is 33.3 Å². The molecule has 2 heterocycles. The zero-order chi connectivity index (χ0) is 14.8. The molecule has 0 aliphatic carbocycles. The second kappa shape index (κ2) is 5.65. The molecule has 0 unspecified atom stereocenters. The lowest BCUT2D eigenvalue weighted by atomic mass is 10.1. The Morgan fingerprint density at radius 3 is 2.95 bits per heavy atom. The first-order chi connectivity index (χ1) is 10.2. The average molecular weight is 301 g/mol. The maximum Gasteiger partial charge on any atom is 0.230 e. The Morgan fingerprint density at radius 2 is 2.24 bits per heavy atom. The van der Waals surface area contributed by atoms with Crippen LogP contribution < -0.4 is 5.32 Å². The summed E-state index contributed by atoms with van der Waals surface area (Å²) in [7, 11) is 0. The minimum Gasteiger partial charge on any atom is -0.464 e. The second-order valence-corrected chi connectivity index (χ2v) is 5.98. The standard InChI is InChI=1S/C15H15N3O2S/c1-3-10-4-5-12-11(8-20-13(12)6-10)7-14(19)16-15-18-17-9(2)21-15/h4-6,8H,3,7H2,1-2H3,(H,16,18,19). The number of anilines is 1. The number of furan rings is 1. The highest BCUT2D eigenvalue weighted by Gasteiger charge is 2.12. The summed E-state index contributed by atoms with van der Waals surface area (Å²) in [6, 6.07) is 6.09. The van der Waals surface area contributed by atoms with Gasteiger partial charge in [0.05, 0.1) is 12.7 Å². The highest BCUT2D eigenvalue weighted by molar-refractivity contribution is 7.15. The molecule has 21 heavy (non-hydrogen) atoms. The summed E-state index contributed by atoms with van der Waals surface area (Å²) >= 11 is 1.36. The molecule has 0 aliphatic heterocycles. The van der Waals surface area contributed by atoms with Crippen LogP contribution in [-0.4, -0.2) is 16.1 Å². The van der Waals surface area contributed by atoms with Crippen LogP contribution in [0, 0.1) is 6.92 Å². The lowest BCUT2D eigenvalue weighted by Crippen LogP contribution is -2.13. The highest BCUT2D eigenvalue weighted by atomic mass is 32.1. The van der Waals surface area contributed by atoms with Gasteiger partial charge in [0, 0.05) is 10.9 Å². The van der Waals surface area contributed by atoms with Crippen LogP contribution >= 0.6 is 11.3 Å². The Morgan fingerprint density at radius 1 is 1.38 bits per heavy atom. The molecule has 0 spiro atoms. The minimum atomic E-state index is -0.117. The number of carbonyl (C=O) groups excluding carboxylic acids is 1. The number of aromatic nitrogens is 2. The molecule has 2 aromatic heterocycles. The van der Waals surface area contributed by atoms with Crippen molar-refractivity contribution in [2.45, 2.75) is 26.7 Å². The molecule has 0 fully saturated rings. The zero-order valence-corrected chi connectivity index (χ0v) is 12.7. The van der Waals surface area contributed by atoms with Gasteiger partial charge in [-0.15, -0.1) is 10.2 Å². The summed E-state index contributed by atoms with van der Waals surface area (Å²) in [5.41, 5.74) is 2.92. The van der Waals surface area contributed by atoms with E-state index in [2.05, 4.69) is 28.5 Å². The molecule has 3 aromatic rings. The van der Waals surface area contributed by atoms with Crippen LogP contribution in [0.4, 0.5) is 5.13 Å². The van der Waals surface area contributed by atoms with E-state index in [9.17, 15) is 4.79 Å². The number of rotatable bonds is 4. The van der Waals surface area contributed by atoms with E-state index in [1.807, 2.05) is 19.1 Å². The summed E-state index contributed by atoms with van der Waals surface area (Å²) < 4.78 is 5.54. The molecule has 1 N–H and O–H groups in total. The normalized spacial score (nSPS) is 11.0. The molecule has 1 amide bonds. The van der Waals surface area contributed by atoms with Crippen LogP contribution in [0.25, 0.3) is 11.0 Å². The van der Waals surface area contributed by atoms with Gasteiger partial charge in [-0.25, -0.2) is 0 Å². The van der Waals surface area contributed by atoms with Crippen LogP contribution in [-0.2, 0) is 17.6 Å². The van der Waals surface area contributed by atoms with Gasteiger partial charge in [-0.2, -0.15) is 0 Å². The van der Waals surface area contributed by atoms with Crippen LogP contribution in [0.15, 0.2) is 28.9 Å². The first-order valence-electron chi connectivity index (χ1n) is 6.74. The number of carbonyl (C=O) groups is 1. The lowest BCUT2D eigenvalue weighted by Gasteiger charge is -2.00. The number of hydrogen-bond acceptors (Lipinski definition) is 5. The van der Waals surface area contributed by atoms with Crippen LogP contribution in [0.5, 0.6) is 0 Å². The number of nitrogens with zero attached hydrogens (tertiary/aromatic N) is 2. The third-order valence-electron chi connectivity index (χ3n) is 3.25. The number of nitrogens with one attached hydrogen (secondary N) is 1. The SMILES string of the molecule is CCc1ccc2c(CC(=O)Nc3nnc(C)s3)coc2c1. The fraction of sp³-hybridized carbons (Fsp3) is 0.267. The Kier molecular flexibility index (Phi) is 3.70. The smallest absolute Gasteiger partial charge is 0.230 e. The van der Waals surface area contributed by atoms with Gasteiger partial charge in [-0.1, -0.05) is 30.4 Å². The summed E-state index contributed by atoms with van der Waals surface area (Å²) in [6.07, 6.45) is 2.87. The second-order valence-electron chi connectivity index (χ2n) is 4.80. The largest absolute Gasteiger partial charge is 0.464 e. The summed E-state index contributed by atoms with van der Waals surface area (Å²) in [5, 5.41) is 12.8. The molecule has 0 saturated carbocycles. The van der Waals surface area contributed by atoms with Crippen molar-refractivity contribution in [2.75, 3.05) is 5.32 Å². The lowest BCUT2D eigenvalue weighted by molar-refractivity contribution is -0.115. The molecule has 6 heteroatoms. The van der Waals surface area contributed by atoms with E-state index in [1.54, 1.807) is 6.26 Å². The van der Waals surface area contributed by atoms with Crippen molar-refractivity contribution < 1.29 is 9.21 Å². The van der Waals surface area contributed by atoms with Crippen molar-refractivity contribution in [3.8, 4) is 0 Å². The number of amides is 1. The molecule has 0 aliphatic rings. The Labute approximate surface area is 126 Å². The number of benzene rings is 1. The van der Waals surface area contributed by atoms with Crippen LogP contribution in [0.3, 0.4) is 0 Å². The molecule has 5 nitrogen and oxygen atoms in total. The molecule has 3 rings (SSSR count). The van der Waals surface area contributed by atoms with Crippen molar-refractivity contribution in [2.24, 2.45) is 0 Å². The van der Waals surface area contributed by atoms with Crippen LogP contribution in [0.2, 0.25) is 0 Å². The van der Waals surface area contributed by atoms with Gasteiger partial charge >= 0.3 is 0 Å². The third kappa shape index (κ3) is 2.95. The summed E-state index contributed by atoms with van der Waals surface area (Å²) in [5.74, 6) is -0.117. The van der Waals surface area contributed by atoms with Gasteiger partial charge in [0.15, 0.2) is 0 Å². The molecule has 0 saturated heterocycles. The van der Waals surface area contributed by atoms with Crippen molar-refractivity contribution in [1.29, 1.82) is 0 Å². The fourth-order valence-corrected chi connectivity index (χ4v) is 2.78. The monoisotopic (exact) mass is 301 g/mol.